The number of carbonyl (C=O) groups is 1. The van der Waals surface area contributed by atoms with E-state index in [2.05, 4.69) is 15.5 Å². The van der Waals surface area contributed by atoms with Crippen molar-refractivity contribution in [3.8, 4) is 10.6 Å². The van der Waals surface area contributed by atoms with E-state index in [0.29, 0.717) is 23.7 Å². The molecule has 2 heterocycles. The normalized spacial score (nSPS) is 15.9. The Morgan fingerprint density at radius 2 is 1.59 bits per heavy atom. The number of piperidine rings is 1. The topological polar surface area (TPSA) is 58.1 Å². The van der Waals surface area contributed by atoms with Gasteiger partial charge in [-0.25, -0.2) is 9.18 Å². The van der Waals surface area contributed by atoms with Crippen molar-refractivity contribution in [2.45, 2.75) is 24.8 Å². The van der Waals surface area contributed by atoms with Gasteiger partial charge in [-0.2, -0.15) is 0 Å². The van der Waals surface area contributed by atoms with E-state index in [4.69, 9.17) is 0 Å². The van der Waals surface area contributed by atoms with Crippen LogP contribution < -0.4 is 5.32 Å². The number of likely N-dealkylation sites (tertiary alicyclic amines) is 1. The first-order valence-electron chi connectivity index (χ1n) is 11.4. The lowest BCUT2D eigenvalue weighted by molar-refractivity contribution is 0.177. The molecule has 0 bridgehead atoms. The van der Waals surface area contributed by atoms with Gasteiger partial charge in [0.1, 0.15) is 10.8 Å². The molecule has 1 N–H and O–H groups in total. The molecule has 0 aliphatic carbocycles. The summed E-state index contributed by atoms with van der Waals surface area (Å²) in [4.78, 5) is 15.2. The van der Waals surface area contributed by atoms with Gasteiger partial charge in [-0.3, -0.25) is 0 Å². The molecule has 5 rings (SSSR count). The van der Waals surface area contributed by atoms with Crippen LogP contribution in [0, 0.1) is 5.82 Å². The van der Waals surface area contributed by atoms with Gasteiger partial charge in [0.15, 0.2) is 5.01 Å². The maximum atomic E-state index is 14.2. The molecular formula is C27H25FN4OS. The van der Waals surface area contributed by atoms with Crippen LogP contribution in [0.2, 0.25) is 0 Å². The number of aromatic nitrogens is 2. The number of rotatable bonds is 5. The minimum atomic E-state index is -0.303. The molecule has 34 heavy (non-hydrogen) atoms. The average molecular weight is 473 g/mol. The third kappa shape index (κ3) is 4.84. The third-order valence-electron chi connectivity index (χ3n) is 6.14. The Bertz CT molecular complexity index is 1210. The lowest BCUT2D eigenvalue weighted by Gasteiger charge is -2.33. The molecule has 1 saturated heterocycles. The number of carbonyl (C=O) groups excluding carboxylic acids is 1. The number of amides is 2. The number of nitrogens with one attached hydrogen (secondary N) is 1. The van der Waals surface area contributed by atoms with Crippen LogP contribution in [0.4, 0.5) is 9.18 Å². The summed E-state index contributed by atoms with van der Waals surface area (Å²) in [5, 5.41) is 13.2. The molecule has 3 aromatic carbocycles. The second-order valence-corrected chi connectivity index (χ2v) is 9.42. The van der Waals surface area contributed by atoms with Crippen molar-refractivity contribution >= 4 is 17.4 Å². The van der Waals surface area contributed by atoms with Crippen molar-refractivity contribution in [3.63, 3.8) is 0 Å². The molecule has 0 spiro atoms. The lowest BCUT2D eigenvalue weighted by atomic mass is 9.98. The van der Waals surface area contributed by atoms with E-state index in [1.54, 1.807) is 18.2 Å². The molecule has 172 valence electrons. The van der Waals surface area contributed by atoms with Crippen LogP contribution in [0.3, 0.4) is 0 Å². The first-order chi connectivity index (χ1) is 16.7. The Balaban J connectivity index is 1.32. The Morgan fingerprint density at radius 3 is 2.26 bits per heavy atom. The van der Waals surface area contributed by atoms with Crippen LogP contribution in [0.5, 0.6) is 0 Å². The highest BCUT2D eigenvalue weighted by atomic mass is 32.1. The number of benzene rings is 3. The van der Waals surface area contributed by atoms with Gasteiger partial charge >= 0.3 is 6.03 Å². The predicted molar refractivity (Wildman–Crippen MR) is 132 cm³/mol. The number of halogens is 1. The molecule has 2 amide bonds. The monoisotopic (exact) mass is 472 g/mol. The highest BCUT2D eigenvalue weighted by Crippen LogP contribution is 2.34. The fraction of sp³-hybridized carbons (Fsp3) is 0.222. The highest BCUT2D eigenvalue weighted by molar-refractivity contribution is 7.14. The Hall–Kier alpha value is -3.58. The zero-order chi connectivity index (χ0) is 23.3. The molecule has 0 saturated carbocycles. The van der Waals surface area contributed by atoms with E-state index in [9.17, 15) is 9.18 Å². The van der Waals surface area contributed by atoms with Crippen molar-refractivity contribution in [2.75, 3.05) is 13.1 Å². The minimum Gasteiger partial charge on any atom is -0.327 e. The molecule has 1 atom stereocenters. The molecule has 1 aromatic heterocycles. The van der Waals surface area contributed by atoms with Gasteiger partial charge in [0.05, 0.1) is 6.04 Å². The summed E-state index contributed by atoms with van der Waals surface area (Å²) >= 11 is 1.41. The Labute approximate surface area is 202 Å². The number of hydrogen-bond donors (Lipinski definition) is 1. The van der Waals surface area contributed by atoms with E-state index >= 15 is 0 Å². The van der Waals surface area contributed by atoms with Gasteiger partial charge in [-0.05, 0) is 36.1 Å². The van der Waals surface area contributed by atoms with Crippen LogP contribution in [-0.2, 0) is 0 Å². The molecule has 4 aromatic rings. The second kappa shape index (κ2) is 10.1. The van der Waals surface area contributed by atoms with E-state index in [0.717, 1.165) is 29.0 Å². The van der Waals surface area contributed by atoms with E-state index in [-0.39, 0.29) is 23.8 Å². The predicted octanol–water partition coefficient (Wildman–Crippen LogP) is 6.02. The third-order valence-corrected chi connectivity index (χ3v) is 7.26. The quantitative estimate of drug-likeness (QED) is 0.386. The Kier molecular flexibility index (Phi) is 6.62. The second-order valence-electron chi connectivity index (χ2n) is 8.41. The van der Waals surface area contributed by atoms with Crippen molar-refractivity contribution in [1.82, 2.24) is 20.4 Å². The summed E-state index contributed by atoms with van der Waals surface area (Å²) in [6.45, 7) is 1.26. The van der Waals surface area contributed by atoms with Gasteiger partial charge in [0.2, 0.25) is 0 Å². The summed E-state index contributed by atoms with van der Waals surface area (Å²) in [6, 6.07) is 26.3. The highest BCUT2D eigenvalue weighted by Gasteiger charge is 2.29. The zero-order valence-corrected chi connectivity index (χ0v) is 19.4. The maximum absolute atomic E-state index is 14.2. The average Bonchev–Trinajstić information content (AvgIpc) is 3.39. The summed E-state index contributed by atoms with van der Waals surface area (Å²) < 4.78 is 14.2. The van der Waals surface area contributed by atoms with Gasteiger partial charge in [-0.1, -0.05) is 84.1 Å². The molecule has 1 fully saturated rings. The minimum absolute atomic E-state index is 0.0874. The van der Waals surface area contributed by atoms with Gasteiger partial charge in [0, 0.05) is 24.6 Å². The van der Waals surface area contributed by atoms with Crippen molar-refractivity contribution < 1.29 is 9.18 Å². The fourth-order valence-corrected chi connectivity index (χ4v) is 5.37. The molecule has 5 nitrogen and oxygen atoms in total. The van der Waals surface area contributed by atoms with Gasteiger partial charge in [0.25, 0.3) is 0 Å². The van der Waals surface area contributed by atoms with Crippen LogP contribution >= 0.6 is 11.3 Å². The molecule has 7 heteroatoms. The number of nitrogens with zero attached hydrogens (tertiary/aromatic N) is 3. The maximum Gasteiger partial charge on any atom is 0.318 e. The number of urea groups is 1. The first kappa shape index (κ1) is 22.2. The Morgan fingerprint density at radius 1 is 0.941 bits per heavy atom. The molecule has 1 aliphatic heterocycles. The van der Waals surface area contributed by atoms with Crippen molar-refractivity contribution in [3.05, 3.63) is 107 Å². The number of hydrogen-bond acceptors (Lipinski definition) is 4. The van der Waals surface area contributed by atoms with E-state index in [1.807, 2.05) is 65.6 Å². The van der Waals surface area contributed by atoms with Crippen molar-refractivity contribution in [1.29, 1.82) is 0 Å². The standard InChI is InChI=1S/C27H25FN4OS/c28-23-16-8-7-15-22(23)26-31-30-25(34-26)21-14-9-17-32(18-21)27(33)29-24(19-10-3-1-4-11-19)20-12-5-2-6-13-20/h1-8,10-13,15-16,21,24H,9,14,17-18H2,(H,29,33). The van der Waals surface area contributed by atoms with Crippen LogP contribution in [0.1, 0.15) is 40.9 Å². The summed E-state index contributed by atoms with van der Waals surface area (Å²) in [5.74, 6) is -0.216. The molecule has 1 unspecified atom stereocenters. The summed E-state index contributed by atoms with van der Waals surface area (Å²) in [7, 11) is 0. The van der Waals surface area contributed by atoms with E-state index < -0.39 is 0 Å². The van der Waals surface area contributed by atoms with Crippen LogP contribution in [0.25, 0.3) is 10.6 Å². The molecule has 1 aliphatic rings. The molecular weight excluding hydrogens is 447 g/mol. The summed E-state index contributed by atoms with van der Waals surface area (Å²) in [5.41, 5.74) is 2.54. The SMILES string of the molecule is O=C(NC(c1ccccc1)c1ccccc1)N1CCCC(c2nnc(-c3ccccc3F)s2)C1. The lowest BCUT2D eigenvalue weighted by Crippen LogP contribution is -2.46. The smallest absolute Gasteiger partial charge is 0.318 e. The summed E-state index contributed by atoms with van der Waals surface area (Å²) in [6.07, 6.45) is 1.81. The van der Waals surface area contributed by atoms with Crippen LogP contribution in [0.15, 0.2) is 84.9 Å². The van der Waals surface area contributed by atoms with Crippen LogP contribution in [-0.4, -0.2) is 34.2 Å². The van der Waals surface area contributed by atoms with Gasteiger partial charge < -0.3 is 10.2 Å². The first-order valence-corrected chi connectivity index (χ1v) is 12.2. The molecule has 0 radical (unpaired) electrons. The van der Waals surface area contributed by atoms with E-state index in [1.165, 1.54) is 17.4 Å². The fourth-order valence-electron chi connectivity index (χ4n) is 4.37. The van der Waals surface area contributed by atoms with Gasteiger partial charge in [-0.15, -0.1) is 10.2 Å². The zero-order valence-electron chi connectivity index (χ0n) is 18.6. The largest absolute Gasteiger partial charge is 0.327 e. The van der Waals surface area contributed by atoms with Crippen molar-refractivity contribution in [2.24, 2.45) is 0 Å².